The van der Waals surface area contributed by atoms with Crippen LogP contribution in [-0.4, -0.2) is 47.9 Å². The first kappa shape index (κ1) is 18.5. The highest BCUT2D eigenvalue weighted by molar-refractivity contribution is 5.94. The number of para-hydroxylation sites is 1. The van der Waals surface area contributed by atoms with Gasteiger partial charge in [-0.05, 0) is 31.2 Å². The van der Waals surface area contributed by atoms with E-state index in [9.17, 15) is 4.79 Å². The highest BCUT2D eigenvalue weighted by Gasteiger charge is 2.21. The second-order valence-electron chi connectivity index (χ2n) is 6.21. The Morgan fingerprint density at radius 2 is 1.81 bits per heavy atom. The molecule has 2 aromatic carbocycles. The van der Waals surface area contributed by atoms with E-state index in [0.29, 0.717) is 18.9 Å². The van der Waals surface area contributed by atoms with Crippen LogP contribution < -0.4 is 9.47 Å². The number of ether oxygens (including phenoxy) is 2. The molecule has 1 aromatic heterocycles. The molecule has 0 atom stereocenters. The van der Waals surface area contributed by atoms with Gasteiger partial charge in [-0.3, -0.25) is 4.79 Å². The first-order valence-corrected chi connectivity index (χ1v) is 8.72. The molecule has 0 bridgehead atoms. The molecule has 0 radical (unpaired) electrons. The number of nitrogens with zero attached hydrogens (tertiary/aromatic N) is 3. The summed E-state index contributed by atoms with van der Waals surface area (Å²) in [6, 6.07) is 17.4. The Hall–Kier alpha value is -3.28. The molecule has 3 rings (SSSR count). The normalized spacial score (nSPS) is 10.5. The molecule has 0 N–H and O–H groups in total. The molecular formula is C21H23N3O3. The molecule has 0 aliphatic carbocycles. The lowest BCUT2D eigenvalue weighted by molar-refractivity contribution is 0.0764. The van der Waals surface area contributed by atoms with E-state index in [1.807, 2.05) is 61.5 Å². The second-order valence-corrected chi connectivity index (χ2v) is 6.21. The fourth-order valence-electron chi connectivity index (χ4n) is 2.59. The monoisotopic (exact) mass is 365 g/mol. The van der Waals surface area contributed by atoms with Crippen molar-refractivity contribution in [3.05, 3.63) is 72.1 Å². The molecule has 0 saturated carbocycles. The molecule has 0 aliphatic rings. The maximum Gasteiger partial charge on any atom is 0.278 e. The van der Waals surface area contributed by atoms with Crippen molar-refractivity contribution in [3.8, 4) is 17.2 Å². The zero-order valence-electron chi connectivity index (χ0n) is 15.8. The summed E-state index contributed by atoms with van der Waals surface area (Å²) in [5.41, 5.74) is 2.31. The maximum absolute atomic E-state index is 12.8. The number of amides is 1. The number of carbonyl (C=O) groups is 1. The smallest absolute Gasteiger partial charge is 0.278 e. The van der Waals surface area contributed by atoms with Gasteiger partial charge in [0.2, 0.25) is 0 Å². The SMILES string of the molecule is COc1cn(-c2ccccc2)nc1C(=O)N(C)CCOc1ccc(C)cc1. The topological polar surface area (TPSA) is 56.6 Å². The largest absolute Gasteiger partial charge is 0.493 e. The average Bonchev–Trinajstić information content (AvgIpc) is 3.14. The summed E-state index contributed by atoms with van der Waals surface area (Å²) < 4.78 is 12.7. The number of aryl methyl sites for hydroxylation is 1. The van der Waals surface area contributed by atoms with Crippen molar-refractivity contribution < 1.29 is 14.3 Å². The Labute approximate surface area is 158 Å². The van der Waals surface area contributed by atoms with Gasteiger partial charge in [-0.25, -0.2) is 4.68 Å². The summed E-state index contributed by atoms with van der Waals surface area (Å²) in [6.45, 7) is 2.86. The summed E-state index contributed by atoms with van der Waals surface area (Å²) in [5.74, 6) is 1.01. The lowest BCUT2D eigenvalue weighted by Crippen LogP contribution is -2.31. The Morgan fingerprint density at radius 3 is 2.48 bits per heavy atom. The van der Waals surface area contributed by atoms with E-state index in [-0.39, 0.29) is 11.6 Å². The zero-order valence-corrected chi connectivity index (χ0v) is 15.8. The van der Waals surface area contributed by atoms with Gasteiger partial charge in [-0.15, -0.1) is 0 Å². The summed E-state index contributed by atoms with van der Waals surface area (Å²) in [5, 5.41) is 4.41. The number of methoxy groups -OCH3 is 1. The van der Waals surface area contributed by atoms with E-state index in [1.165, 1.54) is 12.7 Å². The van der Waals surface area contributed by atoms with Gasteiger partial charge in [-0.2, -0.15) is 5.10 Å². The molecule has 27 heavy (non-hydrogen) atoms. The lowest BCUT2D eigenvalue weighted by atomic mass is 10.2. The number of carbonyl (C=O) groups excluding carboxylic acids is 1. The van der Waals surface area contributed by atoms with Crippen LogP contribution in [0.2, 0.25) is 0 Å². The lowest BCUT2D eigenvalue weighted by Gasteiger charge is -2.17. The zero-order chi connectivity index (χ0) is 19.2. The molecule has 0 unspecified atom stereocenters. The summed E-state index contributed by atoms with van der Waals surface area (Å²) in [6.07, 6.45) is 1.71. The van der Waals surface area contributed by atoms with Gasteiger partial charge in [0.15, 0.2) is 11.4 Å². The molecule has 140 valence electrons. The van der Waals surface area contributed by atoms with Crippen LogP contribution in [0.15, 0.2) is 60.8 Å². The number of rotatable bonds is 7. The highest BCUT2D eigenvalue weighted by Crippen LogP contribution is 2.20. The number of benzene rings is 2. The van der Waals surface area contributed by atoms with Crippen LogP contribution in [0.3, 0.4) is 0 Å². The van der Waals surface area contributed by atoms with E-state index in [4.69, 9.17) is 9.47 Å². The van der Waals surface area contributed by atoms with Crippen LogP contribution in [-0.2, 0) is 0 Å². The third-order valence-corrected chi connectivity index (χ3v) is 4.19. The van der Waals surface area contributed by atoms with Gasteiger partial charge >= 0.3 is 0 Å². The molecular weight excluding hydrogens is 342 g/mol. The first-order valence-electron chi connectivity index (χ1n) is 8.72. The van der Waals surface area contributed by atoms with Gasteiger partial charge in [-0.1, -0.05) is 35.9 Å². The molecule has 6 heteroatoms. The van der Waals surface area contributed by atoms with Gasteiger partial charge < -0.3 is 14.4 Å². The highest BCUT2D eigenvalue weighted by atomic mass is 16.5. The van der Waals surface area contributed by atoms with Crippen molar-refractivity contribution in [2.24, 2.45) is 0 Å². The molecule has 1 amide bonds. The fourth-order valence-corrected chi connectivity index (χ4v) is 2.59. The van der Waals surface area contributed by atoms with E-state index in [1.54, 1.807) is 22.8 Å². The molecule has 3 aromatic rings. The Kier molecular flexibility index (Phi) is 5.76. The third-order valence-electron chi connectivity index (χ3n) is 4.19. The molecule has 0 fully saturated rings. The predicted molar refractivity (Wildman–Crippen MR) is 104 cm³/mol. The standard InChI is InChI=1S/C21H23N3O3/c1-16-9-11-18(12-10-16)27-14-13-23(2)21(25)20-19(26-3)15-24(22-20)17-7-5-4-6-8-17/h4-12,15H,13-14H2,1-3H3. The van der Waals surface area contributed by atoms with E-state index in [2.05, 4.69) is 5.10 Å². The molecule has 1 heterocycles. The van der Waals surface area contributed by atoms with Crippen LogP contribution in [0.4, 0.5) is 0 Å². The number of hydrogen-bond donors (Lipinski definition) is 0. The van der Waals surface area contributed by atoms with E-state index >= 15 is 0 Å². The van der Waals surface area contributed by atoms with Crippen LogP contribution in [0.5, 0.6) is 11.5 Å². The molecule has 0 spiro atoms. The van der Waals surface area contributed by atoms with Gasteiger partial charge in [0.25, 0.3) is 5.91 Å². The Bertz CT molecular complexity index is 889. The average molecular weight is 365 g/mol. The van der Waals surface area contributed by atoms with Crippen molar-refractivity contribution in [2.75, 3.05) is 27.3 Å². The van der Waals surface area contributed by atoms with Crippen molar-refractivity contribution in [2.45, 2.75) is 6.92 Å². The predicted octanol–water partition coefficient (Wildman–Crippen LogP) is 3.34. The minimum absolute atomic E-state index is 0.214. The van der Waals surface area contributed by atoms with Gasteiger partial charge in [0.1, 0.15) is 12.4 Å². The van der Waals surface area contributed by atoms with Crippen molar-refractivity contribution in [1.29, 1.82) is 0 Å². The number of likely N-dealkylation sites (N-methyl/N-ethyl adjacent to an activating group) is 1. The van der Waals surface area contributed by atoms with Crippen LogP contribution >= 0.6 is 0 Å². The first-order chi connectivity index (χ1) is 13.1. The fraction of sp³-hybridized carbons (Fsp3) is 0.238. The number of hydrogen-bond acceptors (Lipinski definition) is 4. The Balaban J connectivity index is 1.65. The summed E-state index contributed by atoms with van der Waals surface area (Å²) in [7, 11) is 3.26. The van der Waals surface area contributed by atoms with E-state index in [0.717, 1.165) is 11.4 Å². The Morgan fingerprint density at radius 1 is 1.11 bits per heavy atom. The quantitative estimate of drug-likeness (QED) is 0.644. The van der Waals surface area contributed by atoms with Gasteiger partial charge in [0, 0.05) is 7.05 Å². The second kappa shape index (κ2) is 8.40. The molecule has 0 aliphatic heterocycles. The summed E-state index contributed by atoms with van der Waals surface area (Å²) >= 11 is 0. The van der Waals surface area contributed by atoms with Crippen molar-refractivity contribution >= 4 is 5.91 Å². The van der Waals surface area contributed by atoms with Crippen molar-refractivity contribution in [3.63, 3.8) is 0 Å². The van der Waals surface area contributed by atoms with Crippen LogP contribution in [0.1, 0.15) is 16.1 Å². The molecule has 0 saturated heterocycles. The van der Waals surface area contributed by atoms with E-state index < -0.39 is 0 Å². The molecule has 6 nitrogen and oxygen atoms in total. The van der Waals surface area contributed by atoms with Crippen LogP contribution in [0.25, 0.3) is 5.69 Å². The third kappa shape index (κ3) is 4.47. The minimum Gasteiger partial charge on any atom is -0.493 e. The van der Waals surface area contributed by atoms with Crippen LogP contribution in [0, 0.1) is 6.92 Å². The van der Waals surface area contributed by atoms with Crippen molar-refractivity contribution in [1.82, 2.24) is 14.7 Å². The maximum atomic E-state index is 12.8. The number of aromatic nitrogens is 2. The minimum atomic E-state index is -0.214. The van der Waals surface area contributed by atoms with Gasteiger partial charge in [0.05, 0.1) is 25.5 Å². The summed E-state index contributed by atoms with van der Waals surface area (Å²) in [4.78, 5) is 14.3.